The first kappa shape index (κ1) is 12.2. The molecule has 0 fully saturated rings. The molecule has 2 rings (SSSR count). The lowest BCUT2D eigenvalue weighted by Crippen LogP contribution is -2.01. The van der Waals surface area contributed by atoms with Crippen molar-refractivity contribution in [3.05, 3.63) is 47.2 Å². The van der Waals surface area contributed by atoms with Gasteiger partial charge in [-0.3, -0.25) is 0 Å². The Bertz CT molecular complexity index is 538. The van der Waals surface area contributed by atoms with E-state index >= 15 is 0 Å². The number of halogens is 2. The van der Waals surface area contributed by atoms with Crippen molar-refractivity contribution in [1.29, 1.82) is 0 Å². The highest BCUT2D eigenvalue weighted by Crippen LogP contribution is 2.25. The van der Waals surface area contributed by atoms with Crippen LogP contribution in [0, 0.1) is 19.7 Å². The molecule has 1 heterocycles. The van der Waals surface area contributed by atoms with E-state index in [2.05, 4.69) is 25.9 Å². The first-order chi connectivity index (χ1) is 8.11. The van der Waals surface area contributed by atoms with E-state index in [4.69, 9.17) is 0 Å². The van der Waals surface area contributed by atoms with Gasteiger partial charge in [-0.05, 0) is 38.1 Å². The molecule has 0 N–H and O–H groups in total. The molecule has 0 bridgehead atoms. The molecule has 0 atom stereocenters. The average molecular weight is 295 g/mol. The predicted octanol–water partition coefficient (Wildman–Crippen LogP) is 3.79. The largest absolute Gasteiger partial charge is 0.238 e. The molecule has 88 valence electrons. The van der Waals surface area contributed by atoms with Crippen molar-refractivity contribution in [2.24, 2.45) is 0 Å². The smallest absolute Gasteiger partial charge is 0.126 e. The Morgan fingerprint density at radius 1 is 1.12 bits per heavy atom. The van der Waals surface area contributed by atoms with Crippen LogP contribution in [0.25, 0.3) is 11.3 Å². The summed E-state index contributed by atoms with van der Waals surface area (Å²) >= 11 is 3.44. The summed E-state index contributed by atoms with van der Waals surface area (Å²) in [6, 6.07) is 6.37. The van der Waals surface area contributed by atoms with Gasteiger partial charge in [0.15, 0.2) is 0 Å². The fourth-order valence-corrected chi connectivity index (χ4v) is 2.41. The van der Waals surface area contributed by atoms with Gasteiger partial charge in [-0.2, -0.15) is 0 Å². The molecule has 2 aromatic rings. The summed E-state index contributed by atoms with van der Waals surface area (Å²) < 4.78 is 12.9. The molecule has 0 saturated heterocycles. The van der Waals surface area contributed by atoms with Gasteiger partial charge in [0.1, 0.15) is 11.6 Å². The van der Waals surface area contributed by atoms with Gasteiger partial charge < -0.3 is 0 Å². The second-order valence-corrected chi connectivity index (χ2v) is 4.38. The maximum Gasteiger partial charge on any atom is 0.126 e. The second-order valence-electron chi connectivity index (χ2n) is 3.82. The summed E-state index contributed by atoms with van der Waals surface area (Å²) in [7, 11) is 0. The maximum atomic E-state index is 12.9. The second kappa shape index (κ2) is 4.92. The van der Waals surface area contributed by atoms with Crippen LogP contribution in [0.3, 0.4) is 0 Å². The van der Waals surface area contributed by atoms with Crippen molar-refractivity contribution < 1.29 is 4.39 Å². The molecule has 0 amide bonds. The summed E-state index contributed by atoms with van der Waals surface area (Å²) in [5, 5.41) is 0.686. The van der Waals surface area contributed by atoms with E-state index in [9.17, 15) is 4.39 Å². The fourth-order valence-electron chi connectivity index (χ4n) is 1.74. The Morgan fingerprint density at radius 2 is 1.76 bits per heavy atom. The van der Waals surface area contributed by atoms with Gasteiger partial charge in [0.25, 0.3) is 0 Å². The SMILES string of the molecule is Cc1nc(C)c(CBr)c(-c2ccc(F)cc2)n1. The lowest BCUT2D eigenvalue weighted by atomic mass is 10.1. The molecule has 0 unspecified atom stereocenters. The molecule has 0 aliphatic carbocycles. The van der Waals surface area contributed by atoms with E-state index in [1.807, 2.05) is 13.8 Å². The molecule has 1 aromatic carbocycles. The third kappa shape index (κ3) is 2.52. The van der Waals surface area contributed by atoms with Gasteiger partial charge in [0, 0.05) is 22.2 Å². The van der Waals surface area contributed by atoms with E-state index in [0.717, 1.165) is 28.3 Å². The summed E-state index contributed by atoms with van der Waals surface area (Å²) in [6.45, 7) is 3.82. The van der Waals surface area contributed by atoms with Crippen LogP contribution in [-0.2, 0) is 5.33 Å². The number of alkyl halides is 1. The van der Waals surface area contributed by atoms with Crippen LogP contribution in [0.2, 0.25) is 0 Å². The number of nitrogens with zero attached hydrogens (tertiary/aromatic N) is 2. The summed E-state index contributed by atoms with van der Waals surface area (Å²) in [5.74, 6) is 0.489. The van der Waals surface area contributed by atoms with Crippen LogP contribution in [0.5, 0.6) is 0 Å². The Labute approximate surface area is 108 Å². The first-order valence-corrected chi connectivity index (χ1v) is 6.40. The van der Waals surface area contributed by atoms with Gasteiger partial charge >= 0.3 is 0 Å². The molecule has 0 saturated carbocycles. The number of aromatic nitrogens is 2. The molecular weight excluding hydrogens is 283 g/mol. The lowest BCUT2D eigenvalue weighted by Gasteiger charge is -2.10. The van der Waals surface area contributed by atoms with Gasteiger partial charge in [-0.25, -0.2) is 14.4 Å². The van der Waals surface area contributed by atoms with Crippen LogP contribution >= 0.6 is 15.9 Å². The molecule has 0 radical (unpaired) electrons. The monoisotopic (exact) mass is 294 g/mol. The van der Waals surface area contributed by atoms with Crippen molar-refractivity contribution in [3.8, 4) is 11.3 Å². The minimum absolute atomic E-state index is 0.239. The van der Waals surface area contributed by atoms with Gasteiger partial charge in [-0.15, -0.1) is 0 Å². The highest BCUT2D eigenvalue weighted by Gasteiger charge is 2.11. The Hall–Kier alpha value is -1.29. The predicted molar refractivity (Wildman–Crippen MR) is 69.5 cm³/mol. The van der Waals surface area contributed by atoms with Crippen LogP contribution in [0.4, 0.5) is 4.39 Å². The average Bonchev–Trinajstić information content (AvgIpc) is 2.29. The Kier molecular flexibility index (Phi) is 3.52. The standard InChI is InChI=1S/C13H12BrFN2/c1-8-12(7-14)13(17-9(2)16-8)10-3-5-11(15)6-4-10/h3-6H,7H2,1-2H3. The summed E-state index contributed by atoms with van der Waals surface area (Å²) in [5.41, 5.74) is 3.78. The van der Waals surface area contributed by atoms with Gasteiger partial charge in [0.05, 0.1) is 5.69 Å². The maximum absolute atomic E-state index is 12.9. The molecule has 2 nitrogen and oxygen atoms in total. The van der Waals surface area contributed by atoms with E-state index in [1.165, 1.54) is 12.1 Å². The Balaban J connectivity index is 2.61. The third-order valence-electron chi connectivity index (χ3n) is 2.58. The number of hydrogen-bond acceptors (Lipinski definition) is 2. The number of hydrogen-bond donors (Lipinski definition) is 0. The fraction of sp³-hybridized carbons (Fsp3) is 0.231. The first-order valence-electron chi connectivity index (χ1n) is 5.28. The van der Waals surface area contributed by atoms with Crippen molar-refractivity contribution in [1.82, 2.24) is 9.97 Å². The molecule has 1 aromatic heterocycles. The molecular formula is C13H12BrFN2. The highest BCUT2D eigenvalue weighted by molar-refractivity contribution is 9.08. The van der Waals surface area contributed by atoms with Crippen LogP contribution in [0.15, 0.2) is 24.3 Å². The van der Waals surface area contributed by atoms with E-state index in [0.29, 0.717) is 5.33 Å². The minimum atomic E-state index is -0.239. The number of aryl methyl sites for hydroxylation is 2. The summed E-state index contributed by atoms with van der Waals surface area (Å²) in [6.07, 6.45) is 0. The number of rotatable bonds is 2. The molecule has 0 aliphatic heterocycles. The molecule has 0 spiro atoms. The zero-order valence-electron chi connectivity index (χ0n) is 9.67. The van der Waals surface area contributed by atoms with E-state index < -0.39 is 0 Å². The lowest BCUT2D eigenvalue weighted by molar-refractivity contribution is 0.628. The minimum Gasteiger partial charge on any atom is -0.238 e. The van der Waals surface area contributed by atoms with Crippen molar-refractivity contribution in [2.75, 3.05) is 0 Å². The van der Waals surface area contributed by atoms with E-state index in [-0.39, 0.29) is 5.82 Å². The Morgan fingerprint density at radius 3 is 2.35 bits per heavy atom. The zero-order valence-corrected chi connectivity index (χ0v) is 11.3. The van der Waals surface area contributed by atoms with Crippen LogP contribution < -0.4 is 0 Å². The number of benzene rings is 1. The van der Waals surface area contributed by atoms with E-state index in [1.54, 1.807) is 12.1 Å². The van der Waals surface area contributed by atoms with Crippen molar-refractivity contribution in [3.63, 3.8) is 0 Å². The van der Waals surface area contributed by atoms with Crippen LogP contribution in [0.1, 0.15) is 17.1 Å². The third-order valence-corrected chi connectivity index (χ3v) is 3.14. The van der Waals surface area contributed by atoms with Gasteiger partial charge in [0.2, 0.25) is 0 Å². The van der Waals surface area contributed by atoms with Gasteiger partial charge in [-0.1, -0.05) is 15.9 Å². The zero-order chi connectivity index (χ0) is 12.4. The summed E-state index contributed by atoms with van der Waals surface area (Å²) in [4.78, 5) is 8.77. The quantitative estimate of drug-likeness (QED) is 0.788. The molecule has 4 heteroatoms. The highest BCUT2D eigenvalue weighted by atomic mass is 79.9. The normalized spacial score (nSPS) is 10.6. The van der Waals surface area contributed by atoms with Crippen molar-refractivity contribution in [2.45, 2.75) is 19.2 Å². The van der Waals surface area contributed by atoms with Crippen molar-refractivity contribution >= 4 is 15.9 Å². The molecule has 17 heavy (non-hydrogen) atoms. The molecule has 0 aliphatic rings. The van der Waals surface area contributed by atoms with Crippen LogP contribution in [-0.4, -0.2) is 9.97 Å². The topological polar surface area (TPSA) is 25.8 Å².